The Morgan fingerprint density at radius 3 is 3.10 bits per heavy atom. The van der Waals surface area contributed by atoms with Gasteiger partial charge >= 0.3 is 0 Å². The minimum atomic E-state index is 0.0508. The lowest BCUT2D eigenvalue weighted by molar-refractivity contribution is -0.136. The lowest BCUT2D eigenvalue weighted by Crippen LogP contribution is -2.40. The van der Waals surface area contributed by atoms with E-state index >= 15 is 0 Å². The molecule has 0 radical (unpaired) electrons. The number of aryl methyl sites for hydroxylation is 1. The Balaban J connectivity index is 1.76. The molecule has 0 bridgehead atoms. The largest absolute Gasteiger partial charge is 0.332 e. The van der Waals surface area contributed by atoms with Crippen molar-refractivity contribution in [1.82, 2.24) is 30.1 Å². The summed E-state index contributed by atoms with van der Waals surface area (Å²) >= 11 is 1.63. The topological polar surface area (TPSA) is 76.8 Å². The summed E-state index contributed by atoms with van der Waals surface area (Å²) in [6.07, 6.45) is 4.62. The molecule has 3 heterocycles. The summed E-state index contributed by atoms with van der Waals surface area (Å²) in [7, 11) is 0. The zero-order valence-electron chi connectivity index (χ0n) is 11.3. The molecule has 1 amide bonds. The molecule has 1 aliphatic heterocycles. The lowest BCUT2D eigenvalue weighted by atomic mass is 10.0. The Labute approximate surface area is 120 Å². The quantitative estimate of drug-likeness (QED) is 0.849. The van der Waals surface area contributed by atoms with Crippen molar-refractivity contribution in [3.05, 3.63) is 22.4 Å². The van der Waals surface area contributed by atoms with Gasteiger partial charge in [-0.3, -0.25) is 4.79 Å². The molecule has 1 fully saturated rings. The predicted octanol–water partition coefficient (Wildman–Crippen LogP) is 1.19. The molecule has 1 atom stereocenters. The van der Waals surface area contributed by atoms with Crippen molar-refractivity contribution in [2.24, 2.45) is 0 Å². The fourth-order valence-corrected chi connectivity index (χ4v) is 3.44. The van der Waals surface area contributed by atoms with Crippen molar-refractivity contribution < 1.29 is 4.79 Å². The maximum Gasteiger partial charge on any atom is 0.245 e. The molecular weight excluding hydrogens is 276 g/mol. The zero-order valence-corrected chi connectivity index (χ0v) is 12.1. The SMILES string of the molecule is Cc1csc(C2CCCCN2C(=O)Cn2cnnn2)n1. The van der Waals surface area contributed by atoms with Gasteiger partial charge in [-0.2, -0.15) is 0 Å². The number of hydrogen-bond donors (Lipinski definition) is 0. The second-order valence-electron chi connectivity index (χ2n) is 4.93. The average molecular weight is 292 g/mol. The number of amides is 1. The molecule has 8 heteroatoms. The van der Waals surface area contributed by atoms with Crippen LogP contribution in [0.25, 0.3) is 0 Å². The summed E-state index contributed by atoms with van der Waals surface area (Å²) in [6.45, 7) is 2.95. The third kappa shape index (κ3) is 2.69. The van der Waals surface area contributed by atoms with Crippen LogP contribution in [0, 0.1) is 6.92 Å². The first-order chi connectivity index (χ1) is 9.74. The third-order valence-corrected chi connectivity index (χ3v) is 4.50. The molecule has 3 rings (SSSR count). The number of likely N-dealkylation sites (tertiary alicyclic amines) is 1. The van der Waals surface area contributed by atoms with E-state index < -0.39 is 0 Å². The first-order valence-electron chi connectivity index (χ1n) is 6.66. The predicted molar refractivity (Wildman–Crippen MR) is 73.0 cm³/mol. The van der Waals surface area contributed by atoms with Crippen molar-refractivity contribution >= 4 is 17.2 Å². The number of carbonyl (C=O) groups excluding carboxylic acids is 1. The molecule has 2 aromatic rings. The molecule has 0 aliphatic carbocycles. The van der Waals surface area contributed by atoms with Gasteiger partial charge in [-0.1, -0.05) is 0 Å². The van der Waals surface area contributed by atoms with Crippen molar-refractivity contribution in [3.8, 4) is 0 Å². The van der Waals surface area contributed by atoms with Crippen LogP contribution in [-0.2, 0) is 11.3 Å². The number of nitrogens with zero attached hydrogens (tertiary/aromatic N) is 6. The molecule has 1 saturated heterocycles. The van der Waals surface area contributed by atoms with E-state index in [9.17, 15) is 4.79 Å². The van der Waals surface area contributed by atoms with E-state index in [2.05, 4.69) is 20.5 Å². The van der Waals surface area contributed by atoms with Crippen LogP contribution in [0.1, 0.15) is 36.0 Å². The van der Waals surface area contributed by atoms with Crippen LogP contribution in [0.5, 0.6) is 0 Å². The van der Waals surface area contributed by atoms with Gasteiger partial charge in [-0.15, -0.1) is 16.4 Å². The molecule has 0 spiro atoms. The van der Waals surface area contributed by atoms with Crippen LogP contribution >= 0.6 is 11.3 Å². The summed E-state index contributed by atoms with van der Waals surface area (Å²) in [5, 5.41) is 13.9. The minimum absolute atomic E-state index is 0.0508. The standard InChI is InChI=1S/C12H16N6OS/c1-9-7-20-12(14-9)10-4-2-3-5-18(10)11(19)6-17-8-13-15-16-17/h7-8,10H,2-6H2,1H3. The van der Waals surface area contributed by atoms with Crippen LogP contribution < -0.4 is 0 Å². The highest BCUT2D eigenvalue weighted by Crippen LogP contribution is 2.32. The van der Waals surface area contributed by atoms with Gasteiger partial charge in [0.1, 0.15) is 17.9 Å². The Morgan fingerprint density at radius 1 is 1.50 bits per heavy atom. The molecule has 1 aliphatic rings. The lowest BCUT2D eigenvalue weighted by Gasteiger charge is -2.34. The zero-order chi connectivity index (χ0) is 13.9. The first-order valence-corrected chi connectivity index (χ1v) is 7.54. The van der Waals surface area contributed by atoms with Gasteiger partial charge < -0.3 is 4.90 Å². The maximum atomic E-state index is 12.4. The number of rotatable bonds is 3. The second kappa shape index (κ2) is 5.66. The fourth-order valence-electron chi connectivity index (χ4n) is 2.49. The average Bonchev–Trinajstić information content (AvgIpc) is 3.10. The van der Waals surface area contributed by atoms with E-state index in [1.54, 1.807) is 11.3 Å². The van der Waals surface area contributed by atoms with Gasteiger partial charge in [-0.25, -0.2) is 9.67 Å². The Morgan fingerprint density at radius 2 is 2.40 bits per heavy atom. The fraction of sp³-hybridized carbons (Fsp3) is 0.583. The van der Waals surface area contributed by atoms with Gasteiger partial charge in [0, 0.05) is 17.6 Å². The van der Waals surface area contributed by atoms with E-state index in [1.807, 2.05) is 17.2 Å². The molecule has 7 nitrogen and oxygen atoms in total. The van der Waals surface area contributed by atoms with E-state index in [4.69, 9.17) is 0 Å². The maximum absolute atomic E-state index is 12.4. The summed E-state index contributed by atoms with van der Waals surface area (Å²) < 4.78 is 1.46. The van der Waals surface area contributed by atoms with Crippen molar-refractivity contribution in [2.75, 3.05) is 6.54 Å². The van der Waals surface area contributed by atoms with Crippen LogP contribution in [0.15, 0.2) is 11.7 Å². The third-order valence-electron chi connectivity index (χ3n) is 3.43. The second-order valence-corrected chi connectivity index (χ2v) is 5.82. The smallest absolute Gasteiger partial charge is 0.245 e. The summed E-state index contributed by atoms with van der Waals surface area (Å²) in [6, 6.07) is 0.103. The van der Waals surface area contributed by atoms with E-state index in [1.165, 1.54) is 11.0 Å². The number of thiazole rings is 1. The summed E-state index contributed by atoms with van der Waals surface area (Å²) in [4.78, 5) is 18.9. The van der Waals surface area contributed by atoms with Gasteiger partial charge in [0.05, 0.1) is 6.04 Å². The molecule has 2 aromatic heterocycles. The van der Waals surface area contributed by atoms with E-state index in [0.29, 0.717) is 0 Å². The number of carbonyl (C=O) groups is 1. The molecular formula is C12H16N6OS. The number of hydrogen-bond acceptors (Lipinski definition) is 6. The highest BCUT2D eigenvalue weighted by Gasteiger charge is 2.30. The highest BCUT2D eigenvalue weighted by atomic mass is 32.1. The summed E-state index contributed by atoms with van der Waals surface area (Å²) in [5.74, 6) is 0.0508. The number of aromatic nitrogens is 5. The molecule has 0 N–H and O–H groups in total. The Kier molecular flexibility index (Phi) is 3.72. The van der Waals surface area contributed by atoms with Gasteiger partial charge in [0.2, 0.25) is 5.91 Å². The normalized spacial score (nSPS) is 19.2. The van der Waals surface area contributed by atoms with Crippen molar-refractivity contribution in [1.29, 1.82) is 0 Å². The monoisotopic (exact) mass is 292 g/mol. The first kappa shape index (κ1) is 13.2. The Bertz CT molecular complexity index is 581. The van der Waals surface area contributed by atoms with Crippen LogP contribution in [-0.4, -0.2) is 42.5 Å². The van der Waals surface area contributed by atoms with Crippen LogP contribution in [0.4, 0.5) is 0 Å². The van der Waals surface area contributed by atoms with Crippen LogP contribution in [0.2, 0.25) is 0 Å². The molecule has 106 valence electrons. The van der Waals surface area contributed by atoms with Crippen molar-refractivity contribution in [2.45, 2.75) is 38.8 Å². The van der Waals surface area contributed by atoms with Gasteiger partial charge in [-0.05, 0) is 36.6 Å². The number of tetrazole rings is 1. The molecule has 1 unspecified atom stereocenters. The summed E-state index contributed by atoms with van der Waals surface area (Å²) in [5.41, 5.74) is 1.02. The number of piperidine rings is 1. The molecule has 20 heavy (non-hydrogen) atoms. The van der Waals surface area contributed by atoms with E-state index in [0.717, 1.165) is 36.5 Å². The highest BCUT2D eigenvalue weighted by molar-refractivity contribution is 7.09. The minimum Gasteiger partial charge on any atom is -0.332 e. The van der Waals surface area contributed by atoms with Gasteiger partial charge in [0.25, 0.3) is 0 Å². The Hall–Kier alpha value is -1.83. The molecule has 0 aromatic carbocycles. The van der Waals surface area contributed by atoms with Crippen LogP contribution in [0.3, 0.4) is 0 Å². The van der Waals surface area contributed by atoms with E-state index in [-0.39, 0.29) is 18.5 Å². The van der Waals surface area contributed by atoms with Gasteiger partial charge in [0.15, 0.2) is 0 Å². The van der Waals surface area contributed by atoms with Crippen molar-refractivity contribution in [3.63, 3.8) is 0 Å². The molecule has 0 saturated carbocycles.